The van der Waals surface area contributed by atoms with Crippen LogP contribution in [-0.2, 0) is 14.3 Å². The Morgan fingerprint density at radius 2 is 2.00 bits per heavy atom. The molecule has 3 atom stereocenters. The summed E-state index contributed by atoms with van der Waals surface area (Å²) in [4.78, 5) is 26.2. The number of hydrogen-bond donors (Lipinski definition) is 0. The molecule has 0 N–H and O–H groups in total. The van der Waals surface area contributed by atoms with E-state index < -0.39 is 23.1 Å². The van der Waals surface area contributed by atoms with E-state index in [9.17, 15) is 20.1 Å². The normalized spacial score (nSPS) is 27.9. The third-order valence-corrected chi connectivity index (χ3v) is 5.43. The zero-order valence-electron chi connectivity index (χ0n) is 14.7. The van der Waals surface area contributed by atoms with Crippen LogP contribution in [0.4, 0.5) is 0 Å². The van der Waals surface area contributed by atoms with E-state index in [0.717, 1.165) is 30.4 Å². The molecule has 0 spiro atoms. The maximum Gasteiger partial charge on any atom is 0.339 e. The number of ketones is 1. The lowest BCUT2D eigenvalue weighted by atomic mass is 9.57. The second-order valence-electron chi connectivity index (χ2n) is 6.70. The molecule has 5 heteroatoms. The van der Waals surface area contributed by atoms with E-state index in [1.807, 2.05) is 42.5 Å². The van der Waals surface area contributed by atoms with Gasteiger partial charge in [0.05, 0.1) is 30.2 Å². The number of carbonyl (C=O) groups is 2. The minimum atomic E-state index is -2.16. The van der Waals surface area contributed by atoms with E-state index in [-0.39, 0.29) is 18.1 Å². The van der Waals surface area contributed by atoms with Crippen LogP contribution in [-0.4, -0.2) is 18.4 Å². The zero-order valence-corrected chi connectivity index (χ0v) is 14.7. The molecule has 2 aliphatic carbocycles. The van der Waals surface area contributed by atoms with Gasteiger partial charge in [-0.05, 0) is 43.2 Å². The predicted molar refractivity (Wildman–Crippen MR) is 93.5 cm³/mol. The Kier molecular flexibility index (Phi) is 4.91. The highest BCUT2D eigenvalue weighted by atomic mass is 16.5. The summed E-state index contributed by atoms with van der Waals surface area (Å²) < 4.78 is 5.07. The smallest absolute Gasteiger partial charge is 0.339 e. The maximum absolute atomic E-state index is 13.5. The van der Waals surface area contributed by atoms with Gasteiger partial charge >= 0.3 is 5.97 Å². The van der Waals surface area contributed by atoms with Gasteiger partial charge in [0.2, 0.25) is 5.41 Å². The number of hydrogen-bond acceptors (Lipinski definition) is 5. The van der Waals surface area contributed by atoms with Gasteiger partial charge in [0.1, 0.15) is 0 Å². The quantitative estimate of drug-likeness (QED) is 0.616. The van der Waals surface area contributed by atoms with Crippen molar-refractivity contribution in [1.29, 1.82) is 10.5 Å². The first-order valence-corrected chi connectivity index (χ1v) is 8.93. The van der Waals surface area contributed by atoms with E-state index >= 15 is 0 Å². The van der Waals surface area contributed by atoms with Crippen molar-refractivity contribution in [2.75, 3.05) is 6.61 Å². The first-order chi connectivity index (χ1) is 12.6. The fourth-order valence-electron chi connectivity index (χ4n) is 4.30. The Morgan fingerprint density at radius 1 is 1.27 bits per heavy atom. The summed E-state index contributed by atoms with van der Waals surface area (Å²) in [5.41, 5.74) is -0.598. The summed E-state index contributed by atoms with van der Waals surface area (Å²) in [7, 11) is 0. The van der Waals surface area contributed by atoms with Gasteiger partial charge < -0.3 is 4.74 Å². The summed E-state index contributed by atoms with van der Waals surface area (Å²) >= 11 is 0. The summed E-state index contributed by atoms with van der Waals surface area (Å²) in [6.07, 6.45) is 3.25. The monoisotopic (exact) mass is 348 g/mol. The fourth-order valence-corrected chi connectivity index (χ4v) is 4.30. The minimum absolute atomic E-state index is 0.000307. The molecule has 0 unspecified atom stereocenters. The molecule has 0 aliphatic heterocycles. The van der Waals surface area contributed by atoms with E-state index in [4.69, 9.17) is 4.74 Å². The molecular formula is C21H20N2O3. The van der Waals surface area contributed by atoms with Crippen LogP contribution in [0.3, 0.4) is 0 Å². The lowest BCUT2D eigenvalue weighted by molar-refractivity contribution is -0.155. The molecule has 0 heterocycles. The molecule has 3 rings (SSSR count). The van der Waals surface area contributed by atoms with Gasteiger partial charge in [-0.3, -0.25) is 4.79 Å². The maximum atomic E-state index is 13.5. The van der Waals surface area contributed by atoms with E-state index in [0.29, 0.717) is 6.42 Å². The Bertz CT molecular complexity index is 844. The lowest BCUT2D eigenvalue weighted by Gasteiger charge is -2.41. The molecule has 2 aliphatic rings. The summed E-state index contributed by atoms with van der Waals surface area (Å²) in [5.74, 6) is -2.20. The predicted octanol–water partition coefficient (Wildman–Crippen LogP) is 3.44. The number of benzene rings is 1. The van der Waals surface area contributed by atoms with Crippen molar-refractivity contribution in [3.8, 4) is 12.1 Å². The SMILES string of the molecule is CCOC(=O)[C@]1(C#N)C(=O)[C@@H](c2ccccc2)[C@H]2CCCCC2=C1C#N. The van der Waals surface area contributed by atoms with E-state index in [2.05, 4.69) is 0 Å². The molecule has 0 saturated heterocycles. The molecule has 1 saturated carbocycles. The van der Waals surface area contributed by atoms with Crippen LogP contribution < -0.4 is 0 Å². The highest BCUT2D eigenvalue weighted by Gasteiger charge is 2.60. The van der Waals surface area contributed by atoms with Crippen LogP contribution in [0.5, 0.6) is 0 Å². The third-order valence-electron chi connectivity index (χ3n) is 5.43. The molecule has 5 nitrogen and oxygen atoms in total. The van der Waals surface area contributed by atoms with Crippen LogP contribution >= 0.6 is 0 Å². The number of nitriles is 2. The molecule has 0 aromatic heterocycles. The highest BCUT2D eigenvalue weighted by molar-refractivity contribution is 6.14. The molecule has 0 amide bonds. The number of fused-ring (bicyclic) bond motifs is 1. The lowest BCUT2D eigenvalue weighted by Crippen LogP contribution is -2.50. The van der Waals surface area contributed by atoms with Crippen molar-refractivity contribution in [2.45, 2.75) is 38.5 Å². The number of carbonyl (C=O) groups excluding carboxylic acids is 2. The zero-order chi connectivity index (χ0) is 18.7. The van der Waals surface area contributed by atoms with Crippen molar-refractivity contribution in [3.63, 3.8) is 0 Å². The van der Waals surface area contributed by atoms with E-state index in [1.54, 1.807) is 6.92 Å². The van der Waals surface area contributed by atoms with Crippen molar-refractivity contribution in [3.05, 3.63) is 47.0 Å². The van der Waals surface area contributed by atoms with Gasteiger partial charge in [0.25, 0.3) is 0 Å². The van der Waals surface area contributed by atoms with Crippen molar-refractivity contribution < 1.29 is 14.3 Å². The molecule has 0 radical (unpaired) electrons. The number of Topliss-reactive ketones (excluding diaryl/α,β-unsaturated/α-hetero) is 1. The van der Waals surface area contributed by atoms with Crippen molar-refractivity contribution in [1.82, 2.24) is 0 Å². The Labute approximate surface area is 152 Å². The van der Waals surface area contributed by atoms with Gasteiger partial charge in [-0.1, -0.05) is 36.8 Å². The Balaban J connectivity index is 2.27. The highest BCUT2D eigenvalue weighted by Crippen LogP contribution is 2.52. The Morgan fingerprint density at radius 3 is 2.62 bits per heavy atom. The largest absolute Gasteiger partial charge is 0.464 e. The summed E-state index contributed by atoms with van der Waals surface area (Å²) in [5, 5.41) is 19.7. The van der Waals surface area contributed by atoms with Gasteiger partial charge in [0.15, 0.2) is 5.78 Å². The van der Waals surface area contributed by atoms with E-state index in [1.165, 1.54) is 0 Å². The summed E-state index contributed by atoms with van der Waals surface area (Å²) in [6.45, 7) is 1.66. The Hall–Kier alpha value is -2.92. The van der Waals surface area contributed by atoms with Crippen molar-refractivity contribution in [2.24, 2.45) is 11.3 Å². The minimum Gasteiger partial charge on any atom is -0.464 e. The molecule has 1 aromatic carbocycles. The van der Waals surface area contributed by atoms with Gasteiger partial charge in [0, 0.05) is 0 Å². The van der Waals surface area contributed by atoms with Gasteiger partial charge in [-0.25, -0.2) is 4.79 Å². The number of rotatable bonds is 3. The number of ether oxygens (including phenoxy) is 1. The fraction of sp³-hybridized carbons (Fsp3) is 0.429. The molecule has 0 bridgehead atoms. The van der Waals surface area contributed by atoms with Crippen LogP contribution in [0.15, 0.2) is 41.5 Å². The van der Waals surface area contributed by atoms with Crippen molar-refractivity contribution >= 4 is 11.8 Å². The van der Waals surface area contributed by atoms with Gasteiger partial charge in [-0.15, -0.1) is 0 Å². The molecule has 1 fully saturated rings. The van der Waals surface area contributed by atoms with Crippen LogP contribution in [0, 0.1) is 34.0 Å². The number of nitrogens with zero attached hydrogens (tertiary/aromatic N) is 2. The second-order valence-corrected chi connectivity index (χ2v) is 6.70. The number of esters is 1. The van der Waals surface area contributed by atoms with Gasteiger partial charge in [-0.2, -0.15) is 10.5 Å². The molecule has 132 valence electrons. The second kappa shape index (κ2) is 7.14. The number of allylic oxidation sites excluding steroid dienone is 1. The standard InChI is InChI=1S/C21H20N2O3/c1-2-26-20(25)21(13-23)17(12-22)15-10-6-7-11-16(15)18(19(21)24)14-8-4-3-5-9-14/h3-5,8-9,16,18H,2,6-7,10-11H2,1H3/t16-,18-,21-/m0/s1. The molecular weight excluding hydrogens is 328 g/mol. The van der Waals surface area contributed by atoms with Crippen LogP contribution in [0.2, 0.25) is 0 Å². The van der Waals surface area contributed by atoms with Crippen LogP contribution in [0.1, 0.15) is 44.1 Å². The molecule has 26 heavy (non-hydrogen) atoms. The first kappa shape index (κ1) is 17.9. The average Bonchev–Trinajstić information content (AvgIpc) is 2.68. The topological polar surface area (TPSA) is 90.9 Å². The average molecular weight is 348 g/mol. The summed E-state index contributed by atoms with van der Waals surface area (Å²) in [6, 6.07) is 13.1. The third kappa shape index (κ3) is 2.52. The first-order valence-electron chi connectivity index (χ1n) is 8.93. The molecule has 1 aromatic rings. The van der Waals surface area contributed by atoms with Crippen LogP contribution in [0.25, 0.3) is 0 Å².